The summed E-state index contributed by atoms with van der Waals surface area (Å²) >= 11 is 1.15. The van der Waals surface area contributed by atoms with Gasteiger partial charge >= 0.3 is 0 Å². The van der Waals surface area contributed by atoms with Crippen molar-refractivity contribution in [2.24, 2.45) is 0 Å². The number of carbonyl (C=O) groups is 1. The van der Waals surface area contributed by atoms with E-state index in [1.54, 1.807) is 29.5 Å². The first-order chi connectivity index (χ1) is 14.4. The maximum absolute atomic E-state index is 13.2. The first-order valence-electron chi connectivity index (χ1n) is 9.49. The van der Waals surface area contributed by atoms with Gasteiger partial charge < -0.3 is 9.64 Å². The number of hydrogen-bond acceptors (Lipinski definition) is 5. The normalized spacial score (nSPS) is 13.6. The second kappa shape index (κ2) is 8.12. The minimum atomic E-state index is -3.88. The summed E-state index contributed by atoms with van der Waals surface area (Å²) in [5.41, 5.74) is 3.70. The molecule has 1 amide bonds. The average Bonchev–Trinajstić information content (AvgIpc) is 3.25. The number of nitrogens with zero attached hydrogens (tertiary/aromatic N) is 1. The number of ether oxygens (including phenoxy) is 1. The van der Waals surface area contributed by atoms with Gasteiger partial charge in [0.15, 0.2) is 0 Å². The number of fused-ring (bicyclic) bond motifs is 1. The molecule has 2 aromatic carbocycles. The van der Waals surface area contributed by atoms with Crippen LogP contribution in [-0.4, -0.2) is 32.9 Å². The molecule has 0 aliphatic carbocycles. The molecule has 0 atom stereocenters. The summed E-state index contributed by atoms with van der Waals surface area (Å²) in [6.45, 7) is 2.90. The third-order valence-electron chi connectivity index (χ3n) is 5.13. The lowest BCUT2D eigenvalue weighted by atomic mass is 9.99. The second-order valence-corrected chi connectivity index (χ2v) is 9.76. The van der Waals surface area contributed by atoms with Crippen LogP contribution in [0.2, 0.25) is 0 Å². The molecule has 0 spiro atoms. The van der Waals surface area contributed by atoms with Crippen LogP contribution in [0.4, 0.5) is 5.69 Å². The van der Waals surface area contributed by atoms with Gasteiger partial charge in [-0.15, -0.1) is 11.3 Å². The minimum absolute atomic E-state index is 0.00881. The number of hydrogen-bond donors (Lipinski definition) is 1. The molecule has 0 radical (unpaired) electrons. The van der Waals surface area contributed by atoms with Gasteiger partial charge in [0.1, 0.15) is 15.5 Å². The molecular weight excluding hydrogens is 420 g/mol. The molecule has 1 aliphatic rings. The average molecular weight is 443 g/mol. The quantitative estimate of drug-likeness (QED) is 0.646. The number of carbonyl (C=O) groups excluding carboxylic acids is 1. The van der Waals surface area contributed by atoms with Gasteiger partial charge in [0.05, 0.1) is 7.11 Å². The summed E-state index contributed by atoms with van der Waals surface area (Å²) in [7, 11) is -2.27. The van der Waals surface area contributed by atoms with Crippen LogP contribution in [0.3, 0.4) is 0 Å². The molecular formula is C22H22N2O4S2. The van der Waals surface area contributed by atoms with Crippen molar-refractivity contribution < 1.29 is 17.9 Å². The first kappa shape index (κ1) is 20.4. The van der Waals surface area contributed by atoms with E-state index in [9.17, 15) is 13.2 Å². The second-order valence-electron chi connectivity index (χ2n) is 7.20. The van der Waals surface area contributed by atoms with Crippen LogP contribution in [0.25, 0.3) is 0 Å². The monoisotopic (exact) mass is 442 g/mol. The van der Waals surface area contributed by atoms with Gasteiger partial charge in [0.25, 0.3) is 15.9 Å². The van der Waals surface area contributed by atoms with E-state index in [-0.39, 0.29) is 15.7 Å². The van der Waals surface area contributed by atoms with Gasteiger partial charge in [-0.05, 0) is 60.2 Å². The van der Waals surface area contributed by atoms with Crippen molar-refractivity contribution >= 4 is 33.0 Å². The first-order valence-corrected chi connectivity index (χ1v) is 11.9. The van der Waals surface area contributed by atoms with Crippen LogP contribution < -0.4 is 9.46 Å². The Morgan fingerprint density at radius 1 is 1.10 bits per heavy atom. The number of anilines is 1. The SMILES string of the molecule is COc1ccc2c(c1)CN(C(=O)c1sccc1S(=O)(=O)Nc1ccc(C)cc1)CC2. The van der Waals surface area contributed by atoms with Crippen LogP contribution >= 0.6 is 11.3 Å². The van der Waals surface area contributed by atoms with Gasteiger partial charge in [-0.1, -0.05) is 23.8 Å². The molecule has 0 saturated carbocycles. The van der Waals surface area contributed by atoms with Crippen LogP contribution in [0, 0.1) is 6.92 Å². The van der Waals surface area contributed by atoms with E-state index in [1.807, 2.05) is 37.3 Å². The molecule has 30 heavy (non-hydrogen) atoms. The zero-order chi connectivity index (χ0) is 21.3. The number of amides is 1. The highest BCUT2D eigenvalue weighted by molar-refractivity contribution is 7.93. The largest absolute Gasteiger partial charge is 0.497 e. The van der Waals surface area contributed by atoms with Crippen molar-refractivity contribution in [3.8, 4) is 5.75 Å². The van der Waals surface area contributed by atoms with E-state index in [0.717, 1.165) is 34.6 Å². The van der Waals surface area contributed by atoms with Crippen molar-refractivity contribution in [1.29, 1.82) is 0 Å². The zero-order valence-electron chi connectivity index (χ0n) is 16.7. The Bertz CT molecular complexity index is 1180. The van der Waals surface area contributed by atoms with E-state index >= 15 is 0 Å². The molecule has 0 fully saturated rings. The summed E-state index contributed by atoms with van der Waals surface area (Å²) in [5, 5.41) is 1.64. The number of methoxy groups -OCH3 is 1. The Hall–Kier alpha value is -2.84. The number of rotatable bonds is 5. The molecule has 0 bridgehead atoms. The van der Waals surface area contributed by atoms with Gasteiger partial charge in [-0.3, -0.25) is 9.52 Å². The lowest BCUT2D eigenvalue weighted by molar-refractivity contribution is 0.0736. The lowest BCUT2D eigenvalue weighted by Crippen LogP contribution is -2.36. The zero-order valence-corrected chi connectivity index (χ0v) is 18.3. The van der Waals surface area contributed by atoms with Crippen LogP contribution in [0.1, 0.15) is 26.4 Å². The minimum Gasteiger partial charge on any atom is -0.497 e. The fraction of sp³-hybridized carbons (Fsp3) is 0.227. The van der Waals surface area contributed by atoms with Gasteiger partial charge in [-0.2, -0.15) is 0 Å². The molecule has 4 rings (SSSR count). The van der Waals surface area contributed by atoms with Gasteiger partial charge in [0, 0.05) is 18.8 Å². The molecule has 156 valence electrons. The summed E-state index contributed by atoms with van der Waals surface area (Å²) in [6, 6.07) is 14.4. The molecule has 0 unspecified atom stereocenters. The lowest BCUT2D eigenvalue weighted by Gasteiger charge is -2.29. The maximum Gasteiger partial charge on any atom is 0.265 e. The van der Waals surface area contributed by atoms with E-state index in [4.69, 9.17) is 4.74 Å². The highest BCUT2D eigenvalue weighted by atomic mass is 32.2. The number of sulfonamides is 1. The number of benzene rings is 2. The van der Waals surface area contributed by atoms with E-state index in [0.29, 0.717) is 18.8 Å². The molecule has 3 aromatic rings. The van der Waals surface area contributed by atoms with E-state index in [1.165, 1.54) is 11.6 Å². The van der Waals surface area contributed by atoms with Crippen LogP contribution in [0.5, 0.6) is 5.75 Å². The van der Waals surface area contributed by atoms with Crippen molar-refractivity contribution in [1.82, 2.24) is 4.90 Å². The Balaban J connectivity index is 1.58. The van der Waals surface area contributed by atoms with Crippen molar-refractivity contribution in [3.05, 3.63) is 75.5 Å². The molecule has 0 saturated heterocycles. The summed E-state index contributed by atoms with van der Waals surface area (Å²) in [6.07, 6.45) is 0.722. The Morgan fingerprint density at radius 3 is 2.60 bits per heavy atom. The highest BCUT2D eigenvalue weighted by Crippen LogP contribution is 2.29. The summed E-state index contributed by atoms with van der Waals surface area (Å²) in [4.78, 5) is 15.1. The van der Waals surface area contributed by atoms with Crippen LogP contribution in [0.15, 0.2) is 58.8 Å². The Kier molecular flexibility index (Phi) is 5.53. The van der Waals surface area contributed by atoms with Crippen LogP contribution in [-0.2, 0) is 23.0 Å². The molecule has 8 heteroatoms. The Morgan fingerprint density at radius 2 is 1.87 bits per heavy atom. The number of nitrogens with one attached hydrogen (secondary N) is 1. The summed E-state index contributed by atoms with van der Waals surface area (Å²) < 4.78 is 33.7. The van der Waals surface area contributed by atoms with Crippen molar-refractivity contribution in [3.63, 3.8) is 0 Å². The highest BCUT2D eigenvalue weighted by Gasteiger charge is 2.29. The number of aryl methyl sites for hydroxylation is 1. The maximum atomic E-state index is 13.2. The molecule has 6 nitrogen and oxygen atoms in total. The molecule has 1 aliphatic heterocycles. The van der Waals surface area contributed by atoms with E-state index < -0.39 is 10.0 Å². The fourth-order valence-corrected chi connectivity index (χ4v) is 5.92. The smallest absolute Gasteiger partial charge is 0.265 e. The van der Waals surface area contributed by atoms with Gasteiger partial charge in [-0.25, -0.2) is 8.42 Å². The standard InChI is InChI=1S/C22H22N2O4S2/c1-15-3-6-18(7-4-15)23-30(26,27)20-10-12-29-21(20)22(25)24-11-9-16-5-8-19(28-2)13-17(16)14-24/h3-8,10,12-13,23H,9,11,14H2,1-2H3. The molecule has 2 heterocycles. The van der Waals surface area contributed by atoms with Gasteiger partial charge in [0.2, 0.25) is 0 Å². The molecule has 1 aromatic heterocycles. The van der Waals surface area contributed by atoms with E-state index in [2.05, 4.69) is 4.72 Å². The third kappa shape index (κ3) is 4.06. The number of thiophene rings is 1. The Labute approximate surface area is 180 Å². The topological polar surface area (TPSA) is 75.7 Å². The molecule has 1 N–H and O–H groups in total. The van der Waals surface area contributed by atoms with Crippen molar-refractivity contribution in [2.75, 3.05) is 18.4 Å². The summed E-state index contributed by atoms with van der Waals surface area (Å²) in [5.74, 6) is 0.465. The third-order valence-corrected chi connectivity index (χ3v) is 7.58. The fourth-order valence-electron chi connectivity index (χ4n) is 3.47. The van der Waals surface area contributed by atoms with Crippen molar-refractivity contribution in [2.45, 2.75) is 24.8 Å². The predicted octanol–water partition coefficient (Wildman–Crippen LogP) is 4.06. The predicted molar refractivity (Wildman–Crippen MR) is 118 cm³/mol.